The van der Waals surface area contributed by atoms with Crippen LogP contribution in [0.3, 0.4) is 0 Å². The van der Waals surface area contributed by atoms with Crippen LogP contribution in [0.5, 0.6) is 5.75 Å². The Morgan fingerprint density at radius 1 is 1.26 bits per heavy atom. The molecule has 1 aromatic rings. The van der Waals surface area contributed by atoms with Crippen molar-refractivity contribution in [2.45, 2.75) is 0 Å². The third-order valence-electron chi connectivity index (χ3n) is 2.29. The maximum atomic E-state index is 7.76. The van der Waals surface area contributed by atoms with Crippen LogP contribution in [0.15, 0.2) is 29.4 Å². The fourth-order valence-corrected chi connectivity index (χ4v) is 1.23. The first-order valence-electron chi connectivity index (χ1n) is 5.53. The molecule has 0 unspecified atom stereocenters. The van der Waals surface area contributed by atoms with Crippen molar-refractivity contribution in [3.05, 3.63) is 29.8 Å². The molecule has 0 aromatic heterocycles. The Kier molecular flexibility index (Phi) is 4.87. The molecule has 7 heteroatoms. The molecule has 0 saturated carbocycles. The zero-order valence-corrected chi connectivity index (χ0v) is 11.2. The lowest BCUT2D eigenvalue weighted by Gasteiger charge is -2.22. The summed E-state index contributed by atoms with van der Waals surface area (Å²) in [5.74, 6) is 0.447. The predicted molar refractivity (Wildman–Crippen MR) is 75.8 cm³/mol. The summed E-state index contributed by atoms with van der Waals surface area (Å²) in [6.07, 6.45) is 1.53. The highest BCUT2D eigenvalue weighted by molar-refractivity contribution is 5.96. The van der Waals surface area contributed by atoms with Gasteiger partial charge in [0.05, 0.1) is 13.3 Å². The summed E-state index contributed by atoms with van der Waals surface area (Å²) in [6, 6.07) is 7.24. The van der Waals surface area contributed by atoms with E-state index >= 15 is 0 Å². The van der Waals surface area contributed by atoms with Crippen LogP contribution in [0.25, 0.3) is 0 Å². The Balaban J connectivity index is 2.86. The summed E-state index contributed by atoms with van der Waals surface area (Å²) >= 11 is 0. The third kappa shape index (κ3) is 3.98. The van der Waals surface area contributed by atoms with Crippen LogP contribution in [0.4, 0.5) is 0 Å². The van der Waals surface area contributed by atoms with Crippen molar-refractivity contribution in [1.82, 2.24) is 9.91 Å². The normalized spacial score (nSPS) is 10.3. The molecule has 7 nitrogen and oxygen atoms in total. The van der Waals surface area contributed by atoms with Crippen molar-refractivity contribution in [3.8, 4) is 5.75 Å². The highest BCUT2D eigenvalue weighted by Gasteiger charge is 2.12. The molecular formula is C12H18N6O. The summed E-state index contributed by atoms with van der Waals surface area (Å²) in [5, 5.41) is 20.2. The van der Waals surface area contributed by atoms with Crippen LogP contribution in [-0.2, 0) is 0 Å². The Morgan fingerprint density at radius 2 is 1.84 bits per heavy atom. The lowest BCUT2D eigenvalue weighted by atomic mass is 10.2. The van der Waals surface area contributed by atoms with E-state index in [1.807, 2.05) is 12.1 Å². The Labute approximate surface area is 112 Å². The zero-order valence-electron chi connectivity index (χ0n) is 11.2. The van der Waals surface area contributed by atoms with Gasteiger partial charge in [0.15, 0.2) is 0 Å². The van der Waals surface area contributed by atoms with Gasteiger partial charge in [0.25, 0.3) is 0 Å². The van der Waals surface area contributed by atoms with Crippen LogP contribution < -0.4 is 10.5 Å². The molecular weight excluding hydrogens is 244 g/mol. The number of nitrogens with one attached hydrogen (secondary N) is 2. The number of hydrazone groups is 1. The van der Waals surface area contributed by atoms with Gasteiger partial charge in [-0.2, -0.15) is 10.1 Å². The maximum Gasteiger partial charge on any atom is 0.221 e. The first-order chi connectivity index (χ1) is 8.95. The second kappa shape index (κ2) is 6.39. The van der Waals surface area contributed by atoms with Crippen molar-refractivity contribution < 1.29 is 4.74 Å². The Morgan fingerprint density at radius 3 is 2.26 bits per heavy atom. The third-order valence-corrected chi connectivity index (χ3v) is 2.29. The largest absolute Gasteiger partial charge is 0.497 e. The molecule has 0 bridgehead atoms. The van der Waals surface area contributed by atoms with Crippen LogP contribution in [0.2, 0.25) is 0 Å². The second-order valence-electron chi connectivity index (χ2n) is 3.93. The van der Waals surface area contributed by atoms with Gasteiger partial charge in [-0.25, -0.2) is 0 Å². The lowest BCUT2D eigenvalue weighted by Crippen LogP contribution is -2.43. The summed E-state index contributed by atoms with van der Waals surface area (Å²) in [5.41, 5.74) is 6.21. The number of methoxy groups -OCH3 is 1. The number of nitrogens with zero attached hydrogens (tertiary/aromatic N) is 3. The minimum atomic E-state index is -0.316. The monoisotopic (exact) mass is 262 g/mol. The molecule has 102 valence electrons. The summed E-state index contributed by atoms with van der Waals surface area (Å²) in [7, 11) is 4.96. The molecule has 0 radical (unpaired) electrons. The quantitative estimate of drug-likeness (QED) is 0.424. The molecule has 0 fully saturated rings. The molecule has 0 aliphatic carbocycles. The topological polar surface area (TPSA) is 102 Å². The van der Waals surface area contributed by atoms with E-state index in [9.17, 15) is 0 Å². The first-order valence-corrected chi connectivity index (χ1v) is 5.53. The van der Waals surface area contributed by atoms with Crippen LogP contribution in [0, 0.1) is 10.8 Å². The van der Waals surface area contributed by atoms with Crippen molar-refractivity contribution >= 4 is 18.1 Å². The molecule has 0 saturated heterocycles. The van der Waals surface area contributed by atoms with Crippen molar-refractivity contribution in [2.75, 3.05) is 21.2 Å². The number of guanidine groups is 2. The number of hydrogen-bond acceptors (Lipinski definition) is 4. The molecule has 0 amide bonds. The zero-order chi connectivity index (χ0) is 14.4. The Bertz CT molecular complexity index is 479. The minimum absolute atomic E-state index is 0.0114. The van der Waals surface area contributed by atoms with Gasteiger partial charge in [-0.15, -0.1) is 0 Å². The number of rotatable bonds is 3. The van der Waals surface area contributed by atoms with Gasteiger partial charge in [0, 0.05) is 14.1 Å². The van der Waals surface area contributed by atoms with Crippen molar-refractivity contribution in [1.29, 1.82) is 10.8 Å². The Hall–Kier alpha value is -2.57. The lowest BCUT2D eigenvalue weighted by molar-refractivity contribution is 0.415. The highest BCUT2D eigenvalue weighted by Crippen LogP contribution is 2.10. The standard InChI is InChI=1S/C12H18N6O/c1-17(2)12(15)18(11(13)14)16-8-9-4-6-10(19-3)7-5-9/h4-8,15H,1-3H3,(H3,13,14)/b15-12?,16-8+. The van der Waals surface area contributed by atoms with Gasteiger partial charge in [0.1, 0.15) is 5.75 Å². The molecule has 1 aromatic carbocycles. The van der Waals surface area contributed by atoms with E-state index in [0.717, 1.165) is 16.3 Å². The minimum Gasteiger partial charge on any atom is -0.497 e. The van der Waals surface area contributed by atoms with E-state index in [1.54, 1.807) is 33.3 Å². The molecule has 0 heterocycles. The number of benzene rings is 1. The number of hydrogen-bond donors (Lipinski definition) is 3. The van der Waals surface area contributed by atoms with Gasteiger partial charge < -0.3 is 15.4 Å². The molecule has 0 spiro atoms. The average molecular weight is 262 g/mol. The number of nitrogens with two attached hydrogens (primary N) is 1. The van der Waals surface area contributed by atoms with E-state index in [1.165, 1.54) is 11.1 Å². The van der Waals surface area contributed by atoms with Gasteiger partial charge in [0.2, 0.25) is 11.9 Å². The van der Waals surface area contributed by atoms with Crippen LogP contribution in [0.1, 0.15) is 5.56 Å². The van der Waals surface area contributed by atoms with E-state index in [4.69, 9.17) is 21.3 Å². The van der Waals surface area contributed by atoms with Gasteiger partial charge in [-0.3, -0.25) is 10.8 Å². The second-order valence-corrected chi connectivity index (χ2v) is 3.93. The molecule has 19 heavy (non-hydrogen) atoms. The highest BCUT2D eigenvalue weighted by atomic mass is 16.5. The molecule has 4 N–H and O–H groups in total. The fraction of sp³-hybridized carbons (Fsp3) is 0.250. The molecule has 0 aliphatic rings. The van der Waals surface area contributed by atoms with Gasteiger partial charge in [-0.1, -0.05) is 0 Å². The van der Waals surface area contributed by atoms with E-state index in [0.29, 0.717) is 0 Å². The van der Waals surface area contributed by atoms with Crippen molar-refractivity contribution in [3.63, 3.8) is 0 Å². The van der Waals surface area contributed by atoms with Crippen LogP contribution >= 0.6 is 0 Å². The maximum absolute atomic E-state index is 7.76. The van der Waals surface area contributed by atoms with E-state index < -0.39 is 0 Å². The van der Waals surface area contributed by atoms with Gasteiger partial charge >= 0.3 is 0 Å². The average Bonchev–Trinajstić information content (AvgIpc) is 2.39. The van der Waals surface area contributed by atoms with Gasteiger partial charge in [-0.05, 0) is 29.8 Å². The summed E-state index contributed by atoms with van der Waals surface area (Å²) in [4.78, 5) is 1.51. The predicted octanol–water partition coefficient (Wildman–Crippen LogP) is 0.721. The first kappa shape index (κ1) is 14.5. The molecule has 0 aliphatic heterocycles. The van der Waals surface area contributed by atoms with Crippen molar-refractivity contribution in [2.24, 2.45) is 10.8 Å². The number of ether oxygens (including phenoxy) is 1. The fourth-order valence-electron chi connectivity index (χ4n) is 1.23. The van der Waals surface area contributed by atoms with Crippen LogP contribution in [-0.4, -0.2) is 49.2 Å². The molecule has 0 atom stereocenters. The summed E-state index contributed by atoms with van der Waals surface area (Å²) in [6.45, 7) is 0. The SMILES string of the molecule is COc1ccc(/C=N/N(C(=N)N)C(=N)N(C)C)cc1. The smallest absolute Gasteiger partial charge is 0.221 e. The van der Waals surface area contributed by atoms with E-state index in [2.05, 4.69) is 5.10 Å². The summed E-state index contributed by atoms with van der Waals surface area (Å²) < 4.78 is 5.05. The van der Waals surface area contributed by atoms with E-state index in [-0.39, 0.29) is 11.9 Å². The molecule has 1 rings (SSSR count).